The van der Waals surface area contributed by atoms with Gasteiger partial charge in [-0.15, -0.1) is 0 Å². The van der Waals surface area contributed by atoms with E-state index >= 15 is 0 Å². The van der Waals surface area contributed by atoms with Crippen molar-refractivity contribution >= 4 is 41.4 Å². The summed E-state index contributed by atoms with van der Waals surface area (Å²) in [5, 5.41) is 18.9. The van der Waals surface area contributed by atoms with Crippen LogP contribution in [0.4, 0.5) is 5.82 Å². The molecule has 2 aromatic heterocycles. The number of nitrogen functional groups attached to an aromatic ring is 1. The summed E-state index contributed by atoms with van der Waals surface area (Å²) < 4.78 is 7.68. The molecule has 0 aromatic carbocycles. The molecule has 0 radical (unpaired) electrons. The third-order valence-electron chi connectivity index (χ3n) is 3.31. The van der Waals surface area contributed by atoms with Gasteiger partial charge in [-0.3, -0.25) is 4.57 Å². The molecule has 1 unspecified atom stereocenters. The van der Waals surface area contributed by atoms with Crippen molar-refractivity contribution in [2.45, 2.75) is 24.9 Å². The fraction of sp³-hybridized carbons (Fsp3) is 0.500. The number of rotatable bonds is 2. The molecule has 8 nitrogen and oxygen atoms in total. The van der Waals surface area contributed by atoms with Crippen molar-refractivity contribution < 1.29 is 14.9 Å². The second-order valence-corrected chi connectivity index (χ2v) is 5.34. The predicted octanol–water partition coefficient (Wildman–Crippen LogP) is 0.374. The third kappa shape index (κ3) is 2.05. The highest BCUT2D eigenvalue weighted by atomic mass is 32.1. The van der Waals surface area contributed by atoms with E-state index in [0.717, 1.165) is 0 Å². The fourth-order valence-corrected chi connectivity index (χ4v) is 2.84. The fourth-order valence-electron chi connectivity index (χ4n) is 2.33. The van der Waals surface area contributed by atoms with Gasteiger partial charge in [0.2, 0.25) is 4.77 Å². The number of aromatic nitrogens is 4. The minimum atomic E-state index is -0.772. The summed E-state index contributed by atoms with van der Waals surface area (Å²) in [5.74, 6) is 0.322. The maximum Gasteiger partial charge on any atom is 0.205 e. The Morgan fingerprint density at radius 1 is 1.45 bits per heavy atom. The van der Waals surface area contributed by atoms with E-state index in [9.17, 15) is 5.11 Å². The lowest BCUT2D eigenvalue weighted by Crippen LogP contribution is -2.24. The van der Waals surface area contributed by atoms with Gasteiger partial charge in [-0.25, -0.2) is 0 Å². The van der Waals surface area contributed by atoms with E-state index in [1.165, 1.54) is 4.57 Å². The number of nitrogens with two attached hydrogens (primary N) is 1. The third-order valence-corrected chi connectivity index (χ3v) is 3.80. The Hall–Kier alpha value is -1.33. The summed E-state index contributed by atoms with van der Waals surface area (Å²) in [4.78, 5) is 9.93. The molecule has 0 spiro atoms. The second-order valence-electron chi connectivity index (χ2n) is 4.57. The molecule has 0 bridgehead atoms. The Morgan fingerprint density at radius 3 is 2.85 bits per heavy atom. The molecule has 10 heteroatoms. The number of aliphatic hydroxyl groups is 2. The largest absolute Gasteiger partial charge is 0.394 e. The molecule has 1 fully saturated rings. The average Bonchev–Trinajstić information content (AvgIpc) is 2.92. The minimum absolute atomic E-state index is 0.219. The van der Waals surface area contributed by atoms with Crippen molar-refractivity contribution in [3.63, 3.8) is 0 Å². The standard InChI is InChI=1S/C10H13N5O3S2/c11-7-6-8(13-9(19)12-6)14-10(20)15(7)5-1-3(17)4(2-16)18-5/h3-5,16-17H,1-2,11H2,(H2,12,13,14,19,20)/t3-,4+,5?/m0/s1. The summed E-state index contributed by atoms with van der Waals surface area (Å²) in [6.07, 6.45) is -1.71. The van der Waals surface area contributed by atoms with Crippen LogP contribution in [0.2, 0.25) is 0 Å². The first-order valence-corrected chi connectivity index (χ1v) is 6.77. The predicted molar refractivity (Wildman–Crippen MR) is 76.1 cm³/mol. The van der Waals surface area contributed by atoms with Crippen LogP contribution < -0.4 is 5.73 Å². The van der Waals surface area contributed by atoms with Gasteiger partial charge in [-0.2, -0.15) is 4.98 Å². The Bertz CT molecular complexity index is 766. The molecule has 2 aromatic rings. The number of nitrogens with one attached hydrogen (secondary N) is 2. The topological polar surface area (TPSA) is 125 Å². The number of H-pyrrole nitrogens is 2. The summed E-state index contributed by atoms with van der Waals surface area (Å²) in [5.41, 5.74) is 7.09. The van der Waals surface area contributed by atoms with Gasteiger partial charge in [0.15, 0.2) is 10.4 Å². The Morgan fingerprint density at radius 2 is 2.20 bits per heavy atom. The van der Waals surface area contributed by atoms with Gasteiger partial charge in [0.25, 0.3) is 0 Å². The Kier molecular flexibility index (Phi) is 3.34. The van der Waals surface area contributed by atoms with E-state index < -0.39 is 18.4 Å². The van der Waals surface area contributed by atoms with E-state index in [1.54, 1.807) is 0 Å². The van der Waals surface area contributed by atoms with Crippen LogP contribution in [0.5, 0.6) is 0 Å². The maximum absolute atomic E-state index is 9.80. The van der Waals surface area contributed by atoms with Crippen molar-refractivity contribution in [3.05, 3.63) is 9.54 Å². The van der Waals surface area contributed by atoms with Gasteiger partial charge in [0, 0.05) is 6.42 Å². The van der Waals surface area contributed by atoms with Crippen molar-refractivity contribution in [3.8, 4) is 0 Å². The van der Waals surface area contributed by atoms with Crippen LogP contribution in [0.3, 0.4) is 0 Å². The number of aromatic amines is 2. The molecular weight excluding hydrogens is 302 g/mol. The number of hydrogen-bond donors (Lipinski definition) is 5. The van der Waals surface area contributed by atoms with Gasteiger partial charge >= 0.3 is 0 Å². The van der Waals surface area contributed by atoms with Crippen LogP contribution in [0, 0.1) is 9.54 Å². The van der Waals surface area contributed by atoms with Crippen molar-refractivity contribution in [1.82, 2.24) is 19.5 Å². The first-order valence-electron chi connectivity index (χ1n) is 5.95. The molecule has 3 heterocycles. The number of fused-ring (bicyclic) bond motifs is 1. The zero-order valence-corrected chi connectivity index (χ0v) is 11.9. The van der Waals surface area contributed by atoms with Crippen LogP contribution in [-0.4, -0.2) is 48.5 Å². The normalized spacial score (nSPS) is 26.4. The van der Waals surface area contributed by atoms with E-state index in [1.807, 2.05) is 0 Å². The number of nitrogens with zero attached hydrogens (tertiary/aromatic N) is 2. The van der Waals surface area contributed by atoms with Gasteiger partial charge in [0.1, 0.15) is 23.7 Å². The lowest BCUT2D eigenvalue weighted by atomic mass is 10.2. The van der Waals surface area contributed by atoms with Crippen molar-refractivity contribution in [2.24, 2.45) is 0 Å². The van der Waals surface area contributed by atoms with Gasteiger partial charge in [-0.1, -0.05) is 0 Å². The summed E-state index contributed by atoms with van der Waals surface area (Å²) in [6, 6.07) is 0. The van der Waals surface area contributed by atoms with Crippen LogP contribution in [-0.2, 0) is 4.74 Å². The Balaban J connectivity index is 2.12. The molecule has 108 valence electrons. The average molecular weight is 315 g/mol. The highest BCUT2D eigenvalue weighted by Gasteiger charge is 2.35. The zero-order chi connectivity index (χ0) is 14.4. The van der Waals surface area contributed by atoms with Gasteiger partial charge in [-0.05, 0) is 24.4 Å². The molecular formula is C10H13N5O3S2. The molecule has 1 aliphatic heterocycles. The summed E-state index contributed by atoms with van der Waals surface area (Å²) in [7, 11) is 0. The quantitative estimate of drug-likeness (QED) is 0.507. The number of aliphatic hydroxyl groups excluding tert-OH is 2. The van der Waals surface area contributed by atoms with E-state index in [2.05, 4.69) is 15.0 Å². The van der Waals surface area contributed by atoms with Crippen LogP contribution >= 0.6 is 24.4 Å². The molecule has 0 aliphatic carbocycles. The van der Waals surface area contributed by atoms with Crippen LogP contribution in [0.25, 0.3) is 11.2 Å². The lowest BCUT2D eigenvalue weighted by molar-refractivity contribution is -0.0443. The van der Waals surface area contributed by atoms with Gasteiger partial charge in [0.05, 0.1) is 12.7 Å². The van der Waals surface area contributed by atoms with E-state index in [4.69, 9.17) is 40.0 Å². The maximum atomic E-state index is 9.80. The molecule has 1 aliphatic rings. The number of anilines is 1. The highest BCUT2D eigenvalue weighted by molar-refractivity contribution is 7.71. The molecule has 20 heavy (non-hydrogen) atoms. The Labute approximate surface area is 123 Å². The SMILES string of the molecule is Nc1c2[nH]c(=S)[nH]c2nc(=S)n1C1C[C@H](O)[C@@H](CO)O1. The second kappa shape index (κ2) is 4.90. The molecule has 3 rings (SSSR count). The van der Waals surface area contributed by atoms with Crippen molar-refractivity contribution in [1.29, 1.82) is 0 Å². The highest BCUT2D eigenvalue weighted by Crippen LogP contribution is 2.32. The zero-order valence-electron chi connectivity index (χ0n) is 10.2. The molecule has 1 saturated heterocycles. The van der Waals surface area contributed by atoms with E-state index in [0.29, 0.717) is 21.8 Å². The number of imidazole rings is 1. The van der Waals surface area contributed by atoms with Gasteiger partial charge < -0.3 is 30.7 Å². The molecule has 0 saturated carbocycles. The number of hydrogen-bond acceptors (Lipinski definition) is 7. The minimum Gasteiger partial charge on any atom is -0.394 e. The lowest BCUT2D eigenvalue weighted by Gasteiger charge is -2.17. The molecule has 6 N–H and O–H groups in total. The number of ether oxygens (including phenoxy) is 1. The first kappa shape index (κ1) is 13.6. The van der Waals surface area contributed by atoms with Crippen LogP contribution in [0.1, 0.15) is 12.6 Å². The summed E-state index contributed by atoms with van der Waals surface area (Å²) in [6.45, 7) is -0.271. The summed E-state index contributed by atoms with van der Waals surface area (Å²) >= 11 is 10.2. The van der Waals surface area contributed by atoms with E-state index in [-0.39, 0.29) is 17.8 Å². The van der Waals surface area contributed by atoms with Crippen LogP contribution in [0.15, 0.2) is 0 Å². The monoisotopic (exact) mass is 315 g/mol. The molecule has 0 amide bonds. The smallest absolute Gasteiger partial charge is 0.205 e. The first-order chi connectivity index (χ1) is 9.51. The van der Waals surface area contributed by atoms with Crippen molar-refractivity contribution in [2.75, 3.05) is 12.3 Å². The molecule has 3 atom stereocenters.